The molecule has 0 aliphatic heterocycles. The fraction of sp³-hybridized carbons (Fsp3) is 0.571. The van der Waals surface area contributed by atoms with Gasteiger partial charge >= 0.3 is 0 Å². The average Bonchev–Trinajstić information content (AvgIpc) is 2.35. The van der Waals surface area contributed by atoms with Gasteiger partial charge in [0.2, 0.25) is 0 Å². The van der Waals surface area contributed by atoms with E-state index in [0.29, 0.717) is 31.2 Å². The van der Waals surface area contributed by atoms with Crippen LogP contribution in [0.5, 0.6) is 0 Å². The summed E-state index contributed by atoms with van der Waals surface area (Å²) in [6.07, 6.45) is 0. The number of nitrogens with two attached hydrogens (primary N) is 1. The fourth-order valence-corrected chi connectivity index (χ4v) is 1.48. The maximum absolute atomic E-state index is 13.4. The molecule has 0 amide bonds. The predicted octanol–water partition coefficient (Wildman–Crippen LogP) is 2.47. The molecule has 1 aromatic carbocycles. The molecule has 0 aliphatic rings. The zero-order valence-corrected chi connectivity index (χ0v) is 11.1. The highest BCUT2D eigenvalue weighted by Gasteiger charge is 2.03. The second-order valence-electron chi connectivity index (χ2n) is 4.65. The molecule has 4 heteroatoms. The zero-order chi connectivity index (χ0) is 13.4. The van der Waals surface area contributed by atoms with Gasteiger partial charge in [0, 0.05) is 18.7 Å². The Labute approximate surface area is 108 Å². The summed E-state index contributed by atoms with van der Waals surface area (Å²) in [6.45, 7) is 6.58. The van der Waals surface area contributed by atoms with E-state index in [1.54, 1.807) is 12.1 Å². The van der Waals surface area contributed by atoms with Crippen molar-refractivity contribution in [2.24, 2.45) is 11.7 Å². The summed E-state index contributed by atoms with van der Waals surface area (Å²) in [5.74, 6) is 0.263. The average molecular weight is 255 g/mol. The third-order valence-electron chi connectivity index (χ3n) is 2.43. The quantitative estimate of drug-likeness (QED) is 0.726. The maximum Gasteiger partial charge on any atom is 0.128 e. The van der Waals surface area contributed by atoms with Crippen molar-refractivity contribution in [1.29, 1.82) is 0 Å². The summed E-state index contributed by atoms with van der Waals surface area (Å²) in [7, 11) is 0. The molecule has 0 heterocycles. The summed E-state index contributed by atoms with van der Waals surface area (Å²) >= 11 is 0. The van der Waals surface area contributed by atoms with E-state index in [4.69, 9.17) is 15.2 Å². The Hall–Kier alpha value is -0.970. The van der Waals surface area contributed by atoms with Crippen molar-refractivity contribution in [2.45, 2.75) is 27.0 Å². The van der Waals surface area contributed by atoms with Crippen LogP contribution in [-0.2, 0) is 22.6 Å². The molecule has 1 aromatic rings. The summed E-state index contributed by atoms with van der Waals surface area (Å²) in [6, 6.07) is 4.85. The first-order chi connectivity index (χ1) is 8.63. The molecule has 0 atom stereocenters. The Bertz CT molecular complexity index is 356. The summed E-state index contributed by atoms with van der Waals surface area (Å²) in [5.41, 5.74) is 6.96. The molecule has 0 bridgehead atoms. The van der Waals surface area contributed by atoms with Crippen LogP contribution >= 0.6 is 0 Å². The van der Waals surface area contributed by atoms with Crippen LogP contribution < -0.4 is 5.73 Å². The molecule has 3 nitrogen and oxygen atoms in total. The van der Waals surface area contributed by atoms with Gasteiger partial charge in [-0.25, -0.2) is 4.39 Å². The lowest BCUT2D eigenvalue weighted by Gasteiger charge is -2.09. The van der Waals surface area contributed by atoms with E-state index in [0.717, 1.165) is 12.2 Å². The maximum atomic E-state index is 13.4. The minimum atomic E-state index is -0.254. The van der Waals surface area contributed by atoms with Crippen LogP contribution in [0.3, 0.4) is 0 Å². The first-order valence-electron chi connectivity index (χ1n) is 6.26. The number of benzene rings is 1. The standard InChI is InChI=1S/C14H22FNO2/c1-11(2)9-17-5-6-18-10-13-7-12(8-16)3-4-14(13)15/h3-4,7,11H,5-6,8-10,16H2,1-2H3. The Kier molecular flexibility index (Phi) is 6.86. The molecule has 0 aromatic heterocycles. The lowest BCUT2D eigenvalue weighted by molar-refractivity contribution is 0.0306. The van der Waals surface area contributed by atoms with Crippen LogP contribution in [0.4, 0.5) is 4.39 Å². The highest BCUT2D eigenvalue weighted by Crippen LogP contribution is 2.11. The normalized spacial score (nSPS) is 11.2. The van der Waals surface area contributed by atoms with Crippen molar-refractivity contribution >= 4 is 0 Å². The predicted molar refractivity (Wildman–Crippen MR) is 69.6 cm³/mol. The third kappa shape index (κ3) is 5.58. The Morgan fingerprint density at radius 2 is 1.94 bits per heavy atom. The van der Waals surface area contributed by atoms with E-state index in [2.05, 4.69) is 13.8 Å². The highest BCUT2D eigenvalue weighted by molar-refractivity contribution is 5.24. The molecule has 18 heavy (non-hydrogen) atoms. The molecule has 0 saturated heterocycles. The fourth-order valence-electron chi connectivity index (χ4n) is 1.48. The molecule has 0 spiro atoms. The molecule has 102 valence electrons. The number of rotatable bonds is 8. The first kappa shape index (κ1) is 15.1. The van der Waals surface area contributed by atoms with E-state index >= 15 is 0 Å². The van der Waals surface area contributed by atoms with Gasteiger partial charge in [0.05, 0.1) is 19.8 Å². The highest BCUT2D eigenvalue weighted by atomic mass is 19.1. The van der Waals surface area contributed by atoms with Gasteiger partial charge in [-0.15, -0.1) is 0 Å². The van der Waals surface area contributed by atoms with Crippen LogP contribution in [0.15, 0.2) is 18.2 Å². The van der Waals surface area contributed by atoms with E-state index in [9.17, 15) is 4.39 Å². The largest absolute Gasteiger partial charge is 0.379 e. The number of hydrogen-bond donors (Lipinski definition) is 1. The Morgan fingerprint density at radius 3 is 2.61 bits per heavy atom. The van der Waals surface area contributed by atoms with Crippen LogP contribution in [0.1, 0.15) is 25.0 Å². The van der Waals surface area contributed by atoms with Gasteiger partial charge < -0.3 is 15.2 Å². The smallest absolute Gasteiger partial charge is 0.128 e. The lowest BCUT2D eigenvalue weighted by Crippen LogP contribution is -2.09. The minimum Gasteiger partial charge on any atom is -0.379 e. The molecule has 0 aliphatic carbocycles. The van der Waals surface area contributed by atoms with Crippen molar-refractivity contribution in [3.05, 3.63) is 35.1 Å². The van der Waals surface area contributed by atoms with Gasteiger partial charge in [-0.05, 0) is 23.6 Å². The summed E-state index contributed by atoms with van der Waals surface area (Å²) < 4.78 is 24.2. The Balaban J connectivity index is 2.26. The SMILES string of the molecule is CC(C)COCCOCc1cc(CN)ccc1F. The molecule has 2 N–H and O–H groups in total. The van der Waals surface area contributed by atoms with E-state index < -0.39 is 0 Å². The van der Waals surface area contributed by atoms with Gasteiger partial charge in [-0.2, -0.15) is 0 Å². The van der Waals surface area contributed by atoms with Gasteiger partial charge in [0.25, 0.3) is 0 Å². The zero-order valence-electron chi connectivity index (χ0n) is 11.1. The van der Waals surface area contributed by atoms with Crippen LogP contribution in [0.25, 0.3) is 0 Å². The van der Waals surface area contributed by atoms with Crippen LogP contribution in [-0.4, -0.2) is 19.8 Å². The summed E-state index contributed by atoms with van der Waals surface area (Å²) in [5, 5.41) is 0. The Morgan fingerprint density at radius 1 is 1.22 bits per heavy atom. The van der Waals surface area contributed by atoms with Crippen molar-refractivity contribution in [2.75, 3.05) is 19.8 Å². The number of ether oxygens (including phenoxy) is 2. The summed E-state index contributed by atoms with van der Waals surface area (Å²) in [4.78, 5) is 0. The van der Waals surface area contributed by atoms with Crippen molar-refractivity contribution in [3.63, 3.8) is 0 Å². The van der Waals surface area contributed by atoms with Gasteiger partial charge in [0.15, 0.2) is 0 Å². The monoisotopic (exact) mass is 255 g/mol. The second kappa shape index (κ2) is 8.19. The molecule has 0 fully saturated rings. The van der Waals surface area contributed by atoms with Gasteiger partial charge in [-0.1, -0.05) is 19.9 Å². The van der Waals surface area contributed by atoms with E-state index in [-0.39, 0.29) is 12.4 Å². The minimum absolute atomic E-state index is 0.254. The number of halogens is 1. The van der Waals surface area contributed by atoms with Crippen molar-refractivity contribution < 1.29 is 13.9 Å². The van der Waals surface area contributed by atoms with Crippen molar-refractivity contribution in [3.8, 4) is 0 Å². The topological polar surface area (TPSA) is 44.5 Å². The van der Waals surface area contributed by atoms with Crippen LogP contribution in [0.2, 0.25) is 0 Å². The van der Waals surface area contributed by atoms with Gasteiger partial charge in [0.1, 0.15) is 5.82 Å². The molecular weight excluding hydrogens is 233 g/mol. The van der Waals surface area contributed by atoms with Crippen molar-refractivity contribution in [1.82, 2.24) is 0 Å². The molecular formula is C14H22FNO2. The molecule has 0 unspecified atom stereocenters. The van der Waals surface area contributed by atoms with E-state index in [1.807, 2.05) is 0 Å². The van der Waals surface area contributed by atoms with E-state index in [1.165, 1.54) is 6.07 Å². The molecule has 0 radical (unpaired) electrons. The molecule has 1 rings (SSSR count). The second-order valence-corrected chi connectivity index (χ2v) is 4.65. The van der Waals surface area contributed by atoms with Crippen LogP contribution in [0, 0.1) is 11.7 Å². The first-order valence-corrected chi connectivity index (χ1v) is 6.26. The number of hydrogen-bond acceptors (Lipinski definition) is 3. The third-order valence-corrected chi connectivity index (χ3v) is 2.43. The molecule has 0 saturated carbocycles. The lowest BCUT2D eigenvalue weighted by atomic mass is 10.1. The van der Waals surface area contributed by atoms with Gasteiger partial charge in [-0.3, -0.25) is 0 Å².